The fourth-order valence-electron chi connectivity index (χ4n) is 3.57. The molecule has 1 aromatic carbocycles. The van der Waals surface area contributed by atoms with E-state index in [9.17, 15) is 4.79 Å². The second-order valence-electron chi connectivity index (χ2n) is 6.79. The third-order valence-corrected chi connectivity index (χ3v) is 5.92. The Kier molecular flexibility index (Phi) is 4.53. The second-order valence-corrected chi connectivity index (χ2v) is 8.08. The first-order valence-corrected chi connectivity index (χ1v) is 9.80. The van der Waals surface area contributed by atoms with Crippen molar-refractivity contribution >= 4 is 28.1 Å². The van der Waals surface area contributed by atoms with Gasteiger partial charge in [0, 0.05) is 16.3 Å². The van der Waals surface area contributed by atoms with Crippen LogP contribution in [0.2, 0.25) is 0 Å². The van der Waals surface area contributed by atoms with Crippen LogP contribution in [0.5, 0.6) is 0 Å². The number of nitrogens with one attached hydrogen (secondary N) is 1. The maximum Gasteiger partial charge on any atom is 0.252 e. The molecular weight excluding hydrogens is 328 g/mol. The highest BCUT2D eigenvalue weighted by molar-refractivity contribution is 7.15. The Bertz CT molecular complexity index is 909. The van der Waals surface area contributed by atoms with Crippen LogP contribution in [-0.2, 0) is 0 Å². The van der Waals surface area contributed by atoms with Crippen molar-refractivity contribution in [1.29, 1.82) is 0 Å². The number of pyridine rings is 1. The highest BCUT2D eigenvalue weighted by Gasteiger charge is 2.19. The van der Waals surface area contributed by atoms with Gasteiger partial charge in [0.2, 0.25) is 0 Å². The van der Waals surface area contributed by atoms with Gasteiger partial charge in [-0.15, -0.1) is 11.3 Å². The van der Waals surface area contributed by atoms with Crippen molar-refractivity contribution in [2.24, 2.45) is 0 Å². The van der Waals surface area contributed by atoms with Gasteiger partial charge < -0.3 is 5.32 Å². The van der Waals surface area contributed by atoms with Crippen LogP contribution in [0.4, 0.5) is 0 Å². The van der Waals surface area contributed by atoms with E-state index in [2.05, 4.69) is 24.4 Å². The summed E-state index contributed by atoms with van der Waals surface area (Å²) in [4.78, 5) is 20.1. The molecule has 2 heterocycles. The molecule has 0 saturated heterocycles. The molecule has 0 bridgehead atoms. The molecule has 1 aliphatic carbocycles. The number of nitrogens with zero attached hydrogens (tertiary/aromatic N) is 1. The third kappa shape index (κ3) is 3.45. The molecule has 1 saturated carbocycles. The van der Waals surface area contributed by atoms with Crippen molar-refractivity contribution in [2.45, 2.75) is 45.1 Å². The number of hydrogen-bond acceptors (Lipinski definition) is 3. The zero-order chi connectivity index (χ0) is 17.2. The number of fused-ring (bicyclic) bond motifs is 1. The lowest BCUT2D eigenvalue weighted by Crippen LogP contribution is -2.36. The summed E-state index contributed by atoms with van der Waals surface area (Å²) in [7, 11) is 0. The van der Waals surface area contributed by atoms with Crippen LogP contribution in [0.15, 0.2) is 42.5 Å². The highest BCUT2D eigenvalue weighted by atomic mass is 32.1. The molecule has 1 aliphatic rings. The van der Waals surface area contributed by atoms with Gasteiger partial charge in [0.15, 0.2) is 0 Å². The monoisotopic (exact) mass is 350 g/mol. The normalized spacial score (nSPS) is 15.4. The number of thiophene rings is 1. The van der Waals surface area contributed by atoms with E-state index in [1.807, 2.05) is 30.3 Å². The van der Waals surface area contributed by atoms with Crippen LogP contribution >= 0.6 is 11.3 Å². The van der Waals surface area contributed by atoms with E-state index in [0.29, 0.717) is 6.04 Å². The Morgan fingerprint density at radius 2 is 1.92 bits per heavy atom. The second kappa shape index (κ2) is 6.96. The molecule has 25 heavy (non-hydrogen) atoms. The van der Waals surface area contributed by atoms with Gasteiger partial charge in [-0.3, -0.25) is 4.79 Å². The van der Waals surface area contributed by atoms with Crippen molar-refractivity contribution in [3.05, 3.63) is 52.9 Å². The largest absolute Gasteiger partial charge is 0.349 e. The van der Waals surface area contributed by atoms with Crippen molar-refractivity contribution in [1.82, 2.24) is 10.3 Å². The maximum atomic E-state index is 13.0. The maximum absolute atomic E-state index is 13.0. The van der Waals surface area contributed by atoms with Crippen molar-refractivity contribution in [3.8, 4) is 10.6 Å². The molecular formula is C21H22N2OS. The molecule has 4 heteroatoms. The smallest absolute Gasteiger partial charge is 0.252 e. The average molecular weight is 350 g/mol. The predicted octanol–water partition coefficient (Wildman–Crippen LogP) is 5.33. The number of para-hydroxylation sites is 1. The quantitative estimate of drug-likeness (QED) is 0.693. The van der Waals surface area contributed by atoms with Crippen LogP contribution in [0.3, 0.4) is 0 Å². The van der Waals surface area contributed by atoms with Gasteiger partial charge in [-0.2, -0.15) is 0 Å². The molecule has 1 N–H and O–H groups in total. The van der Waals surface area contributed by atoms with Crippen molar-refractivity contribution in [2.75, 3.05) is 0 Å². The minimum atomic E-state index is 0.0278. The number of aryl methyl sites for hydroxylation is 1. The molecule has 2 aromatic heterocycles. The van der Waals surface area contributed by atoms with Gasteiger partial charge in [0.1, 0.15) is 0 Å². The zero-order valence-corrected chi connectivity index (χ0v) is 15.2. The Hall–Kier alpha value is -2.20. The molecule has 3 nitrogen and oxygen atoms in total. The molecule has 1 amide bonds. The molecule has 4 rings (SSSR count). The Labute approximate surface area is 152 Å². The summed E-state index contributed by atoms with van der Waals surface area (Å²) >= 11 is 1.71. The summed E-state index contributed by atoms with van der Waals surface area (Å²) in [6.07, 6.45) is 5.88. The van der Waals surface area contributed by atoms with Crippen molar-refractivity contribution in [3.63, 3.8) is 0 Å². The standard InChI is InChI=1S/C21H22N2OS/c1-14-11-12-20(25-14)19-13-17(16-9-5-6-10-18(16)23-19)21(24)22-15-7-3-2-4-8-15/h5-6,9-13,15H,2-4,7-8H2,1H3,(H,22,24). The minimum Gasteiger partial charge on any atom is -0.349 e. The molecule has 0 aliphatic heterocycles. The number of hydrogen-bond donors (Lipinski definition) is 1. The third-order valence-electron chi connectivity index (χ3n) is 4.89. The summed E-state index contributed by atoms with van der Waals surface area (Å²) in [6.45, 7) is 2.09. The van der Waals surface area contributed by atoms with Crippen LogP contribution in [0, 0.1) is 6.92 Å². The number of rotatable bonds is 3. The van der Waals surface area contributed by atoms with Crippen LogP contribution in [-0.4, -0.2) is 16.9 Å². The average Bonchev–Trinajstić information content (AvgIpc) is 3.08. The first-order chi connectivity index (χ1) is 12.2. The van der Waals surface area contributed by atoms with E-state index in [4.69, 9.17) is 4.98 Å². The molecule has 0 unspecified atom stereocenters. The minimum absolute atomic E-state index is 0.0278. The van der Waals surface area contributed by atoms with E-state index < -0.39 is 0 Å². The van der Waals surface area contributed by atoms with Crippen LogP contribution in [0.25, 0.3) is 21.5 Å². The Morgan fingerprint density at radius 1 is 1.12 bits per heavy atom. The van der Waals surface area contributed by atoms with E-state index in [1.54, 1.807) is 11.3 Å². The number of amides is 1. The summed E-state index contributed by atoms with van der Waals surface area (Å²) in [5, 5.41) is 4.17. The Morgan fingerprint density at radius 3 is 2.68 bits per heavy atom. The molecule has 3 aromatic rings. The summed E-state index contributed by atoms with van der Waals surface area (Å²) < 4.78 is 0. The lowest BCUT2D eigenvalue weighted by molar-refractivity contribution is 0.0929. The Balaban J connectivity index is 1.74. The van der Waals surface area contributed by atoms with Crippen molar-refractivity contribution < 1.29 is 4.79 Å². The van der Waals surface area contributed by atoms with Gasteiger partial charge in [0.05, 0.1) is 21.7 Å². The number of carbonyl (C=O) groups excluding carboxylic acids is 1. The first-order valence-electron chi connectivity index (χ1n) is 8.98. The molecule has 1 fully saturated rings. The predicted molar refractivity (Wildman–Crippen MR) is 104 cm³/mol. The van der Waals surface area contributed by atoms with E-state index in [0.717, 1.165) is 39.9 Å². The van der Waals surface area contributed by atoms with E-state index in [-0.39, 0.29) is 5.91 Å². The van der Waals surface area contributed by atoms with E-state index >= 15 is 0 Å². The topological polar surface area (TPSA) is 42.0 Å². The van der Waals surface area contributed by atoms with Gasteiger partial charge in [-0.1, -0.05) is 37.5 Å². The van der Waals surface area contributed by atoms with Gasteiger partial charge >= 0.3 is 0 Å². The number of benzene rings is 1. The fourth-order valence-corrected chi connectivity index (χ4v) is 4.40. The SMILES string of the molecule is Cc1ccc(-c2cc(C(=O)NC3CCCCC3)c3ccccc3n2)s1. The van der Waals surface area contributed by atoms with Gasteiger partial charge in [-0.25, -0.2) is 4.98 Å². The van der Waals surface area contributed by atoms with Gasteiger partial charge in [0.25, 0.3) is 5.91 Å². The molecule has 0 radical (unpaired) electrons. The zero-order valence-electron chi connectivity index (χ0n) is 14.4. The van der Waals surface area contributed by atoms with E-state index in [1.165, 1.54) is 24.1 Å². The van der Waals surface area contributed by atoms with Crippen LogP contribution in [0.1, 0.15) is 47.3 Å². The molecule has 0 atom stereocenters. The number of carbonyl (C=O) groups is 1. The summed E-state index contributed by atoms with van der Waals surface area (Å²) in [6, 6.07) is 14.3. The molecule has 128 valence electrons. The van der Waals surface area contributed by atoms with Crippen LogP contribution < -0.4 is 5.32 Å². The molecule has 0 spiro atoms. The fraction of sp³-hybridized carbons (Fsp3) is 0.333. The lowest BCUT2D eigenvalue weighted by Gasteiger charge is -2.23. The first kappa shape index (κ1) is 16.3. The number of aromatic nitrogens is 1. The summed E-state index contributed by atoms with van der Waals surface area (Å²) in [5.74, 6) is 0.0278. The van der Waals surface area contributed by atoms with Gasteiger partial charge in [-0.05, 0) is 44.0 Å². The summed E-state index contributed by atoms with van der Waals surface area (Å²) in [5.41, 5.74) is 2.49. The highest BCUT2D eigenvalue weighted by Crippen LogP contribution is 2.30. The lowest BCUT2D eigenvalue weighted by atomic mass is 9.95.